The van der Waals surface area contributed by atoms with Gasteiger partial charge < -0.3 is 20.9 Å². The first-order chi connectivity index (χ1) is 8.16. The van der Waals surface area contributed by atoms with Crippen LogP contribution < -0.4 is 11.1 Å². The molecule has 0 bridgehead atoms. The van der Waals surface area contributed by atoms with Crippen molar-refractivity contribution < 1.29 is 24.2 Å². The highest BCUT2D eigenvalue weighted by molar-refractivity contribution is 5.95. The summed E-state index contributed by atoms with van der Waals surface area (Å²) < 4.78 is 4.66. The number of esters is 1. The predicted molar refractivity (Wildman–Crippen MR) is 61.5 cm³/mol. The summed E-state index contributed by atoms with van der Waals surface area (Å²) in [6, 6.07) is -1.18. The van der Waals surface area contributed by atoms with Crippen molar-refractivity contribution >= 4 is 17.8 Å². The van der Waals surface area contributed by atoms with Gasteiger partial charge in [0, 0.05) is 5.41 Å². The van der Waals surface area contributed by atoms with E-state index in [4.69, 9.17) is 10.8 Å². The summed E-state index contributed by atoms with van der Waals surface area (Å²) in [5, 5.41) is 11.1. The minimum absolute atomic E-state index is 0.418. The zero-order chi connectivity index (χ0) is 14.1. The molecule has 7 heteroatoms. The molecule has 1 amide bonds. The number of ether oxygens (including phenoxy) is 1. The maximum Gasteiger partial charge on any atom is 0.332 e. The summed E-state index contributed by atoms with van der Waals surface area (Å²) in [6.07, 6.45) is -0.0400. The third-order valence-corrected chi connectivity index (χ3v) is 3.34. The zero-order valence-electron chi connectivity index (χ0n) is 10.6. The van der Waals surface area contributed by atoms with Crippen molar-refractivity contribution in [3.63, 3.8) is 0 Å². The van der Waals surface area contributed by atoms with Crippen molar-refractivity contribution in [2.24, 2.45) is 11.1 Å². The molecule has 0 aliphatic heterocycles. The molecule has 0 radical (unpaired) electrons. The van der Waals surface area contributed by atoms with Crippen LogP contribution in [0.25, 0.3) is 0 Å². The fraction of sp³-hybridized carbons (Fsp3) is 0.727. The van der Waals surface area contributed by atoms with Gasteiger partial charge in [0.25, 0.3) is 0 Å². The van der Waals surface area contributed by atoms with Gasteiger partial charge in [-0.25, -0.2) is 4.79 Å². The lowest BCUT2D eigenvalue weighted by molar-refractivity contribution is -0.148. The number of rotatable bonds is 5. The molecule has 0 aromatic carbocycles. The predicted octanol–water partition coefficient (Wildman–Crippen LogP) is -0.754. The van der Waals surface area contributed by atoms with Crippen LogP contribution in [-0.2, 0) is 19.1 Å². The first kappa shape index (κ1) is 14.4. The minimum Gasteiger partial charge on any atom is -0.481 e. The highest BCUT2D eigenvalue weighted by atomic mass is 16.5. The maximum atomic E-state index is 11.7. The number of hydrogen-bond donors (Lipinski definition) is 3. The Morgan fingerprint density at radius 1 is 1.44 bits per heavy atom. The van der Waals surface area contributed by atoms with Crippen LogP contribution in [0.15, 0.2) is 0 Å². The van der Waals surface area contributed by atoms with Gasteiger partial charge in [0.15, 0.2) is 0 Å². The molecule has 0 aromatic rings. The Balaban J connectivity index is 2.73. The second kappa shape index (κ2) is 4.56. The first-order valence-electron chi connectivity index (χ1n) is 5.54. The molecule has 0 saturated heterocycles. The van der Waals surface area contributed by atoms with Crippen molar-refractivity contribution in [1.82, 2.24) is 5.32 Å². The Hall–Kier alpha value is -1.63. The van der Waals surface area contributed by atoms with Gasteiger partial charge in [-0.2, -0.15) is 0 Å². The van der Waals surface area contributed by atoms with Crippen LogP contribution in [0.4, 0.5) is 0 Å². The Morgan fingerprint density at radius 3 is 2.28 bits per heavy atom. The molecule has 102 valence electrons. The maximum absolute atomic E-state index is 11.7. The Bertz CT molecular complexity index is 393. The fourth-order valence-corrected chi connectivity index (χ4v) is 1.99. The molecule has 0 unspecified atom stereocenters. The average Bonchev–Trinajstić information content (AvgIpc) is 2.79. The molecule has 1 aliphatic rings. The first-order valence-corrected chi connectivity index (χ1v) is 5.54. The number of aliphatic carboxylic acids is 1. The topological polar surface area (TPSA) is 119 Å². The molecule has 1 fully saturated rings. The van der Waals surface area contributed by atoms with E-state index in [2.05, 4.69) is 10.1 Å². The van der Waals surface area contributed by atoms with E-state index in [1.165, 1.54) is 7.11 Å². The summed E-state index contributed by atoms with van der Waals surface area (Å²) in [6.45, 7) is 3.62. The Kier molecular flexibility index (Phi) is 3.66. The van der Waals surface area contributed by atoms with Crippen LogP contribution >= 0.6 is 0 Å². The quantitative estimate of drug-likeness (QED) is 0.558. The van der Waals surface area contributed by atoms with Crippen LogP contribution in [0, 0.1) is 5.41 Å². The van der Waals surface area contributed by atoms with Crippen LogP contribution in [-0.4, -0.2) is 41.6 Å². The molecule has 0 heterocycles. The normalized spacial score (nSPS) is 26.0. The van der Waals surface area contributed by atoms with E-state index in [1.54, 1.807) is 0 Å². The van der Waals surface area contributed by atoms with Gasteiger partial charge in [-0.05, 0) is 6.42 Å². The second-order valence-electron chi connectivity index (χ2n) is 5.15. The lowest BCUT2D eigenvalue weighted by Gasteiger charge is -2.21. The van der Waals surface area contributed by atoms with E-state index in [9.17, 15) is 14.4 Å². The number of nitrogens with two attached hydrogens (primary N) is 1. The van der Waals surface area contributed by atoms with Crippen LogP contribution in [0.5, 0.6) is 0 Å². The number of carbonyl (C=O) groups excluding carboxylic acids is 2. The molecule has 2 atom stereocenters. The van der Waals surface area contributed by atoms with Gasteiger partial charge in [0.2, 0.25) is 5.91 Å². The molecule has 1 aliphatic carbocycles. The van der Waals surface area contributed by atoms with Gasteiger partial charge >= 0.3 is 11.9 Å². The third kappa shape index (κ3) is 2.45. The smallest absolute Gasteiger partial charge is 0.332 e. The average molecular weight is 258 g/mol. The van der Waals surface area contributed by atoms with Gasteiger partial charge in [0.05, 0.1) is 19.6 Å². The van der Waals surface area contributed by atoms with E-state index in [0.29, 0.717) is 6.42 Å². The molecule has 0 aromatic heterocycles. The van der Waals surface area contributed by atoms with E-state index in [-0.39, 0.29) is 0 Å². The van der Waals surface area contributed by atoms with Crippen molar-refractivity contribution in [1.29, 1.82) is 0 Å². The van der Waals surface area contributed by atoms with Crippen LogP contribution in [0.1, 0.15) is 26.7 Å². The summed E-state index contributed by atoms with van der Waals surface area (Å²) >= 11 is 0. The number of nitrogens with one attached hydrogen (secondary N) is 1. The van der Waals surface area contributed by atoms with Crippen molar-refractivity contribution in [2.45, 2.75) is 38.3 Å². The standard InChI is InChI=1S/C11H18N2O5/c1-10(2)5-11(10,9(17)18-3)13-8(16)6(12)4-7(14)15/h6H,4-5,12H2,1-3H3,(H,13,16)(H,14,15)/t6-,11-/m0/s1. The van der Waals surface area contributed by atoms with Crippen LogP contribution in [0.2, 0.25) is 0 Å². The lowest BCUT2D eigenvalue weighted by atomic mass is 10.0. The number of carboxylic acids is 1. The third-order valence-electron chi connectivity index (χ3n) is 3.34. The van der Waals surface area contributed by atoms with Crippen LogP contribution in [0.3, 0.4) is 0 Å². The fourth-order valence-electron chi connectivity index (χ4n) is 1.99. The highest BCUT2D eigenvalue weighted by Crippen LogP contribution is 2.56. The molecular formula is C11H18N2O5. The number of hydrogen-bond acceptors (Lipinski definition) is 5. The second-order valence-corrected chi connectivity index (χ2v) is 5.15. The van der Waals surface area contributed by atoms with E-state index in [1.807, 2.05) is 13.8 Å². The summed E-state index contributed by atoms with van der Waals surface area (Å²) in [4.78, 5) is 33.9. The number of amides is 1. The van der Waals surface area contributed by atoms with E-state index >= 15 is 0 Å². The monoisotopic (exact) mass is 258 g/mol. The Morgan fingerprint density at radius 2 is 1.94 bits per heavy atom. The summed E-state index contributed by atoms with van der Waals surface area (Å²) in [7, 11) is 1.24. The molecule has 18 heavy (non-hydrogen) atoms. The van der Waals surface area contributed by atoms with E-state index < -0.39 is 41.3 Å². The SMILES string of the molecule is COC(=O)[C@@]1(NC(=O)[C@@H](N)CC(=O)O)CC1(C)C. The van der Waals surface area contributed by atoms with Gasteiger partial charge in [0.1, 0.15) is 5.54 Å². The van der Waals surface area contributed by atoms with Gasteiger partial charge in [-0.15, -0.1) is 0 Å². The molecule has 7 nitrogen and oxygen atoms in total. The molecule has 1 rings (SSSR count). The minimum atomic E-state index is -1.18. The van der Waals surface area contributed by atoms with Gasteiger partial charge in [-0.3, -0.25) is 9.59 Å². The molecular weight excluding hydrogens is 240 g/mol. The number of carboxylic acid groups (broad SMARTS) is 1. The highest BCUT2D eigenvalue weighted by Gasteiger charge is 2.68. The molecule has 4 N–H and O–H groups in total. The van der Waals surface area contributed by atoms with Gasteiger partial charge in [-0.1, -0.05) is 13.8 Å². The van der Waals surface area contributed by atoms with E-state index in [0.717, 1.165) is 0 Å². The van der Waals surface area contributed by atoms with Crippen molar-refractivity contribution in [2.75, 3.05) is 7.11 Å². The Labute approximate surface area is 105 Å². The lowest BCUT2D eigenvalue weighted by Crippen LogP contribution is -2.53. The number of methoxy groups -OCH3 is 1. The largest absolute Gasteiger partial charge is 0.481 e. The van der Waals surface area contributed by atoms with Crippen molar-refractivity contribution in [3.05, 3.63) is 0 Å². The summed E-state index contributed by atoms with van der Waals surface area (Å²) in [5.74, 6) is -2.36. The zero-order valence-corrected chi connectivity index (χ0v) is 10.6. The molecule has 0 spiro atoms. The summed E-state index contributed by atoms with van der Waals surface area (Å²) in [5.41, 5.74) is 3.93. The molecule has 1 saturated carbocycles. The number of carbonyl (C=O) groups is 3. The van der Waals surface area contributed by atoms with Crippen molar-refractivity contribution in [3.8, 4) is 0 Å².